The largest absolute Gasteiger partial charge is 0.556 e. The predicted octanol–water partition coefficient (Wildman–Crippen LogP) is -1.29. The van der Waals surface area contributed by atoms with Crippen LogP contribution in [0.2, 0.25) is 0 Å². The third kappa shape index (κ3) is 2.38. The van der Waals surface area contributed by atoms with Crippen molar-refractivity contribution >= 4 is 12.2 Å². The van der Waals surface area contributed by atoms with Gasteiger partial charge in [0.15, 0.2) is 0 Å². The Labute approximate surface area is 87.1 Å². The standard InChI is InChI=1S/C8H14BN2O4/c12-9(13,14)7-5-10-11(6-7)8-3-1-2-4-15-8/h5-6,8,12-14H,1-4H2/q-1. The highest BCUT2D eigenvalue weighted by Gasteiger charge is 2.22. The van der Waals surface area contributed by atoms with Crippen molar-refractivity contribution in [3.8, 4) is 0 Å². The van der Waals surface area contributed by atoms with Crippen LogP contribution in [-0.2, 0) is 4.74 Å². The summed E-state index contributed by atoms with van der Waals surface area (Å²) in [5, 5.41) is 30.9. The molecule has 1 aliphatic heterocycles. The summed E-state index contributed by atoms with van der Waals surface area (Å²) in [5.74, 6) is 0. The summed E-state index contributed by atoms with van der Waals surface area (Å²) in [6, 6.07) is 0. The first-order chi connectivity index (χ1) is 7.07. The molecule has 0 amide bonds. The summed E-state index contributed by atoms with van der Waals surface area (Å²) < 4.78 is 6.96. The quantitative estimate of drug-likeness (QED) is 0.531. The lowest BCUT2D eigenvalue weighted by atomic mass is 9.73. The van der Waals surface area contributed by atoms with E-state index in [1.807, 2.05) is 0 Å². The van der Waals surface area contributed by atoms with Gasteiger partial charge in [-0.05, 0) is 19.3 Å². The van der Waals surface area contributed by atoms with Crippen LogP contribution in [0.1, 0.15) is 25.5 Å². The fraction of sp³-hybridized carbons (Fsp3) is 0.625. The zero-order valence-corrected chi connectivity index (χ0v) is 8.28. The number of ether oxygens (including phenoxy) is 1. The predicted molar refractivity (Wildman–Crippen MR) is 53.1 cm³/mol. The molecule has 0 aromatic carbocycles. The molecule has 84 valence electrons. The molecule has 1 saturated heterocycles. The third-order valence-electron chi connectivity index (χ3n) is 2.52. The van der Waals surface area contributed by atoms with E-state index in [0.717, 1.165) is 19.3 Å². The molecule has 0 aliphatic carbocycles. The number of rotatable bonds is 2. The Kier molecular flexibility index (Phi) is 2.79. The number of hydrogen-bond donors (Lipinski definition) is 3. The van der Waals surface area contributed by atoms with Crippen LogP contribution in [-0.4, -0.2) is 38.2 Å². The van der Waals surface area contributed by atoms with Gasteiger partial charge < -0.3 is 19.8 Å². The van der Waals surface area contributed by atoms with Crippen molar-refractivity contribution in [2.45, 2.75) is 25.5 Å². The van der Waals surface area contributed by atoms with Gasteiger partial charge in [0, 0.05) is 19.0 Å². The molecule has 2 heterocycles. The first-order valence-electron chi connectivity index (χ1n) is 5.05. The van der Waals surface area contributed by atoms with Gasteiger partial charge in [-0.2, -0.15) is 5.10 Å². The van der Waals surface area contributed by atoms with Crippen molar-refractivity contribution < 1.29 is 19.8 Å². The number of aromatic nitrogens is 2. The molecular formula is C8H14BN2O4-. The highest BCUT2D eigenvalue weighted by molar-refractivity contribution is 6.71. The second kappa shape index (κ2) is 3.94. The van der Waals surface area contributed by atoms with Gasteiger partial charge in [0.05, 0.1) is 0 Å². The maximum absolute atomic E-state index is 8.98. The van der Waals surface area contributed by atoms with Crippen molar-refractivity contribution in [2.75, 3.05) is 6.61 Å². The Morgan fingerprint density at radius 2 is 2.20 bits per heavy atom. The third-order valence-corrected chi connectivity index (χ3v) is 2.52. The number of nitrogens with zero attached hydrogens (tertiary/aromatic N) is 2. The Morgan fingerprint density at radius 1 is 1.40 bits per heavy atom. The fourth-order valence-corrected chi connectivity index (χ4v) is 1.64. The van der Waals surface area contributed by atoms with Gasteiger partial charge in [0.25, 0.3) is 0 Å². The summed E-state index contributed by atoms with van der Waals surface area (Å²) in [4.78, 5) is 0. The SMILES string of the molecule is O[B-](O)(O)c1cnn(C2CCCCO2)c1. The monoisotopic (exact) mass is 213 g/mol. The average Bonchev–Trinajstić information content (AvgIpc) is 2.67. The molecule has 0 bridgehead atoms. The van der Waals surface area contributed by atoms with Crippen LogP contribution in [0.5, 0.6) is 0 Å². The molecule has 1 aromatic rings. The highest BCUT2D eigenvalue weighted by atomic mass is 16.5. The average molecular weight is 213 g/mol. The molecule has 2 rings (SSSR count). The first-order valence-corrected chi connectivity index (χ1v) is 5.05. The molecule has 0 saturated carbocycles. The van der Waals surface area contributed by atoms with Gasteiger partial charge in [0.1, 0.15) is 6.23 Å². The fourth-order valence-electron chi connectivity index (χ4n) is 1.64. The van der Waals surface area contributed by atoms with Crippen molar-refractivity contribution in [3.05, 3.63) is 12.4 Å². The molecule has 15 heavy (non-hydrogen) atoms. The Bertz CT molecular complexity index is 330. The van der Waals surface area contributed by atoms with Gasteiger partial charge in [-0.15, -0.1) is 0 Å². The van der Waals surface area contributed by atoms with E-state index in [1.54, 1.807) is 0 Å². The van der Waals surface area contributed by atoms with Crippen LogP contribution in [0, 0.1) is 0 Å². The van der Waals surface area contributed by atoms with Crippen molar-refractivity contribution in [1.29, 1.82) is 0 Å². The molecule has 1 atom stereocenters. The first kappa shape index (κ1) is 10.6. The van der Waals surface area contributed by atoms with Gasteiger partial charge >= 0.3 is 6.75 Å². The van der Waals surface area contributed by atoms with E-state index in [4.69, 9.17) is 19.8 Å². The molecular weight excluding hydrogens is 199 g/mol. The van der Waals surface area contributed by atoms with Gasteiger partial charge in [0.2, 0.25) is 0 Å². The lowest BCUT2D eigenvalue weighted by molar-refractivity contribution is -0.0394. The van der Waals surface area contributed by atoms with E-state index in [-0.39, 0.29) is 11.7 Å². The van der Waals surface area contributed by atoms with Crippen LogP contribution in [0.4, 0.5) is 0 Å². The second-order valence-corrected chi connectivity index (χ2v) is 3.81. The van der Waals surface area contributed by atoms with E-state index in [9.17, 15) is 0 Å². The van der Waals surface area contributed by atoms with Crippen molar-refractivity contribution in [3.63, 3.8) is 0 Å². The Hall–Kier alpha value is -0.885. The van der Waals surface area contributed by atoms with Crippen molar-refractivity contribution in [1.82, 2.24) is 9.78 Å². The van der Waals surface area contributed by atoms with Gasteiger partial charge in [-0.1, -0.05) is 5.46 Å². The molecule has 0 radical (unpaired) electrons. The Morgan fingerprint density at radius 3 is 2.73 bits per heavy atom. The summed E-state index contributed by atoms with van der Waals surface area (Å²) in [6.45, 7) is -2.76. The minimum Gasteiger partial charge on any atom is -0.556 e. The van der Waals surface area contributed by atoms with Crippen LogP contribution in [0.15, 0.2) is 12.4 Å². The number of hydrogen-bond acceptors (Lipinski definition) is 5. The van der Waals surface area contributed by atoms with Crippen LogP contribution in [0.25, 0.3) is 0 Å². The normalized spacial score (nSPS) is 23.0. The maximum Gasteiger partial charge on any atom is 0.405 e. The minimum atomic E-state index is -3.45. The molecule has 1 aliphatic rings. The molecule has 1 unspecified atom stereocenters. The van der Waals surface area contributed by atoms with Gasteiger partial charge in [-0.25, -0.2) is 4.68 Å². The van der Waals surface area contributed by atoms with E-state index < -0.39 is 6.75 Å². The highest BCUT2D eigenvalue weighted by Crippen LogP contribution is 2.20. The zero-order valence-electron chi connectivity index (χ0n) is 8.28. The Balaban J connectivity index is 2.12. The maximum atomic E-state index is 8.98. The second-order valence-electron chi connectivity index (χ2n) is 3.81. The zero-order chi connectivity index (χ0) is 10.9. The van der Waals surface area contributed by atoms with Crippen LogP contribution >= 0.6 is 0 Å². The smallest absolute Gasteiger partial charge is 0.405 e. The van der Waals surface area contributed by atoms with E-state index in [1.165, 1.54) is 17.1 Å². The van der Waals surface area contributed by atoms with Crippen LogP contribution < -0.4 is 5.46 Å². The minimum absolute atomic E-state index is 0.00386. The van der Waals surface area contributed by atoms with Crippen molar-refractivity contribution in [2.24, 2.45) is 0 Å². The van der Waals surface area contributed by atoms with E-state index in [0.29, 0.717) is 6.61 Å². The summed E-state index contributed by atoms with van der Waals surface area (Å²) in [6.07, 6.45) is 5.43. The molecule has 0 spiro atoms. The molecule has 7 heteroatoms. The van der Waals surface area contributed by atoms with Gasteiger partial charge in [-0.3, -0.25) is 0 Å². The summed E-state index contributed by atoms with van der Waals surface area (Å²) in [7, 11) is 0. The van der Waals surface area contributed by atoms with E-state index >= 15 is 0 Å². The molecule has 1 fully saturated rings. The molecule has 3 N–H and O–H groups in total. The topological polar surface area (TPSA) is 87.7 Å². The molecule has 6 nitrogen and oxygen atoms in total. The summed E-state index contributed by atoms with van der Waals surface area (Å²) >= 11 is 0. The lowest BCUT2D eigenvalue weighted by Crippen LogP contribution is -2.48. The van der Waals surface area contributed by atoms with E-state index in [2.05, 4.69) is 5.10 Å². The lowest BCUT2D eigenvalue weighted by Gasteiger charge is -2.23. The summed E-state index contributed by atoms with van der Waals surface area (Å²) in [5.41, 5.74) is 0.00386. The molecule has 1 aromatic heterocycles. The van der Waals surface area contributed by atoms with Crippen LogP contribution in [0.3, 0.4) is 0 Å².